The second-order valence-electron chi connectivity index (χ2n) is 6.09. The van der Waals surface area contributed by atoms with Gasteiger partial charge in [0.1, 0.15) is 0 Å². The summed E-state index contributed by atoms with van der Waals surface area (Å²) in [6.45, 7) is 3.98. The molecule has 118 valence electrons. The van der Waals surface area contributed by atoms with Crippen LogP contribution >= 0.6 is 0 Å². The second kappa shape index (κ2) is 7.54. The average Bonchev–Trinajstić information content (AvgIpc) is 3.03. The standard InChI is InChI=1S/C18H25N3O/c1-2-17-19-20-18(22-17)14-21-13-7-6-10-16(21)12-11-15-8-4-3-5-9-15/h3-5,8-9,16H,2,6-7,10-14H2,1H3/t16-/m0/s1. The summed E-state index contributed by atoms with van der Waals surface area (Å²) in [5.74, 6) is 1.51. The van der Waals surface area contributed by atoms with Crippen molar-refractivity contribution in [1.82, 2.24) is 15.1 Å². The van der Waals surface area contributed by atoms with Gasteiger partial charge in [-0.25, -0.2) is 0 Å². The summed E-state index contributed by atoms with van der Waals surface area (Å²) in [7, 11) is 0. The lowest BCUT2D eigenvalue weighted by atomic mass is 9.96. The number of benzene rings is 1. The van der Waals surface area contributed by atoms with Gasteiger partial charge in [-0.2, -0.15) is 0 Å². The smallest absolute Gasteiger partial charge is 0.230 e. The van der Waals surface area contributed by atoms with Crippen LogP contribution in [-0.2, 0) is 19.4 Å². The van der Waals surface area contributed by atoms with Crippen molar-refractivity contribution in [3.8, 4) is 0 Å². The zero-order valence-electron chi connectivity index (χ0n) is 13.4. The molecule has 0 saturated carbocycles. The lowest BCUT2D eigenvalue weighted by molar-refractivity contribution is 0.120. The Kier molecular flexibility index (Phi) is 5.22. The Labute approximate surface area is 132 Å². The zero-order chi connectivity index (χ0) is 15.2. The predicted molar refractivity (Wildman–Crippen MR) is 86.5 cm³/mol. The van der Waals surface area contributed by atoms with Crippen molar-refractivity contribution in [2.24, 2.45) is 0 Å². The lowest BCUT2D eigenvalue weighted by Gasteiger charge is -2.34. The first-order valence-electron chi connectivity index (χ1n) is 8.44. The van der Waals surface area contributed by atoms with E-state index >= 15 is 0 Å². The fraction of sp³-hybridized carbons (Fsp3) is 0.556. The Morgan fingerprint density at radius 1 is 1.14 bits per heavy atom. The van der Waals surface area contributed by atoms with E-state index in [0.717, 1.165) is 37.7 Å². The fourth-order valence-electron chi connectivity index (χ4n) is 3.24. The van der Waals surface area contributed by atoms with Crippen LogP contribution in [0.25, 0.3) is 0 Å². The monoisotopic (exact) mass is 299 g/mol. The van der Waals surface area contributed by atoms with Crippen LogP contribution in [0.3, 0.4) is 0 Å². The van der Waals surface area contributed by atoms with Gasteiger partial charge < -0.3 is 4.42 Å². The van der Waals surface area contributed by atoms with Crippen LogP contribution in [-0.4, -0.2) is 27.7 Å². The molecule has 0 unspecified atom stereocenters. The normalized spacial score (nSPS) is 19.4. The molecule has 2 heterocycles. The van der Waals surface area contributed by atoms with Gasteiger partial charge in [-0.15, -0.1) is 10.2 Å². The lowest BCUT2D eigenvalue weighted by Crippen LogP contribution is -2.39. The highest BCUT2D eigenvalue weighted by molar-refractivity contribution is 5.14. The van der Waals surface area contributed by atoms with Crippen molar-refractivity contribution in [1.29, 1.82) is 0 Å². The minimum absolute atomic E-state index is 0.630. The Balaban J connectivity index is 1.58. The first-order chi connectivity index (χ1) is 10.8. The summed E-state index contributed by atoms with van der Waals surface area (Å²) in [5.41, 5.74) is 1.43. The largest absolute Gasteiger partial charge is 0.424 e. The molecule has 1 aromatic heterocycles. The Morgan fingerprint density at radius 3 is 2.73 bits per heavy atom. The highest BCUT2D eigenvalue weighted by Crippen LogP contribution is 2.23. The van der Waals surface area contributed by atoms with E-state index in [-0.39, 0.29) is 0 Å². The number of hydrogen-bond acceptors (Lipinski definition) is 4. The molecule has 4 heteroatoms. The van der Waals surface area contributed by atoms with Crippen LogP contribution in [0.2, 0.25) is 0 Å². The van der Waals surface area contributed by atoms with E-state index in [1.165, 1.54) is 31.2 Å². The van der Waals surface area contributed by atoms with Gasteiger partial charge in [0.2, 0.25) is 11.8 Å². The van der Waals surface area contributed by atoms with E-state index in [1.807, 2.05) is 6.92 Å². The Bertz CT molecular complexity index is 567. The van der Waals surface area contributed by atoms with Gasteiger partial charge >= 0.3 is 0 Å². The van der Waals surface area contributed by atoms with Gasteiger partial charge in [0.05, 0.1) is 6.54 Å². The van der Waals surface area contributed by atoms with Crippen molar-refractivity contribution >= 4 is 0 Å². The van der Waals surface area contributed by atoms with Crippen LogP contribution in [0.1, 0.15) is 50.0 Å². The molecule has 1 aromatic carbocycles. The number of hydrogen-bond donors (Lipinski definition) is 0. The first kappa shape index (κ1) is 15.2. The molecule has 1 atom stereocenters. The molecule has 3 rings (SSSR count). The van der Waals surface area contributed by atoms with Crippen LogP contribution in [0.15, 0.2) is 34.7 Å². The minimum atomic E-state index is 0.630. The van der Waals surface area contributed by atoms with Gasteiger partial charge in [0.25, 0.3) is 0 Å². The van der Waals surface area contributed by atoms with E-state index < -0.39 is 0 Å². The highest BCUT2D eigenvalue weighted by Gasteiger charge is 2.23. The molecule has 0 N–H and O–H groups in total. The molecule has 22 heavy (non-hydrogen) atoms. The molecular formula is C18H25N3O. The first-order valence-corrected chi connectivity index (χ1v) is 8.44. The van der Waals surface area contributed by atoms with Crippen molar-refractivity contribution in [3.63, 3.8) is 0 Å². The molecule has 1 aliphatic rings. The van der Waals surface area contributed by atoms with Crippen LogP contribution in [0.5, 0.6) is 0 Å². The van der Waals surface area contributed by atoms with Crippen molar-refractivity contribution in [2.75, 3.05) is 6.54 Å². The molecule has 1 fully saturated rings. The average molecular weight is 299 g/mol. The molecule has 1 aliphatic heterocycles. The summed E-state index contributed by atoms with van der Waals surface area (Å²) in [6, 6.07) is 11.4. The van der Waals surface area contributed by atoms with Gasteiger partial charge in [0.15, 0.2) is 0 Å². The van der Waals surface area contributed by atoms with E-state index in [0.29, 0.717) is 6.04 Å². The van der Waals surface area contributed by atoms with E-state index in [1.54, 1.807) is 0 Å². The van der Waals surface area contributed by atoms with Gasteiger partial charge in [-0.3, -0.25) is 4.90 Å². The Hall–Kier alpha value is -1.68. The third-order valence-electron chi connectivity index (χ3n) is 4.51. The van der Waals surface area contributed by atoms with Gasteiger partial charge in [-0.1, -0.05) is 43.7 Å². The maximum atomic E-state index is 5.68. The molecule has 1 saturated heterocycles. The zero-order valence-corrected chi connectivity index (χ0v) is 13.4. The molecule has 0 bridgehead atoms. The summed E-state index contributed by atoms with van der Waals surface area (Å²) in [4.78, 5) is 2.53. The SMILES string of the molecule is CCc1nnc(CN2CCCC[C@H]2CCc2ccccc2)o1. The summed E-state index contributed by atoms with van der Waals surface area (Å²) < 4.78 is 5.68. The van der Waals surface area contributed by atoms with E-state index in [9.17, 15) is 0 Å². The van der Waals surface area contributed by atoms with E-state index in [2.05, 4.69) is 45.4 Å². The maximum Gasteiger partial charge on any atom is 0.230 e. The number of likely N-dealkylation sites (tertiary alicyclic amines) is 1. The number of nitrogens with zero attached hydrogens (tertiary/aromatic N) is 3. The number of rotatable bonds is 6. The topological polar surface area (TPSA) is 42.2 Å². The number of aromatic nitrogens is 2. The van der Waals surface area contributed by atoms with Crippen LogP contribution < -0.4 is 0 Å². The number of piperidine rings is 1. The molecule has 2 aromatic rings. The molecule has 0 amide bonds. The summed E-state index contributed by atoms with van der Waals surface area (Å²) >= 11 is 0. The highest BCUT2D eigenvalue weighted by atomic mass is 16.4. The van der Waals surface area contributed by atoms with E-state index in [4.69, 9.17) is 4.42 Å². The van der Waals surface area contributed by atoms with Gasteiger partial charge in [-0.05, 0) is 37.8 Å². The molecule has 0 spiro atoms. The number of aryl methyl sites for hydroxylation is 2. The van der Waals surface area contributed by atoms with Gasteiger partial charge in [0, 0.05) is 12.5 Å². The molecule has 0 aliphatic carbocycles. The van der Waals surface area contributed by atoms with Crippen LogP contribution in [0, 0.1) is 0 Å². The third kappa shape index (κ3) is 3.95. The van der Waals surface area contributed by atoms with Crippen LogP contribution in [0.4, 0.5) is 0 Å². The van der Waals surface area contributed by atoms with Crippen molar-refractivity contribution < 1.29 is 4.42 Å². The quantitative estimate of drug-likeness (QED) is 0.817. The molecular weight excluding hydrogens is 274 g/mol. The van der Waals surface area contributed by atoms with Crippen molar-refractivity contribution in [3.05, 3.63) is 47.7 Å². The third-order valence-corrected chi connectivity index (χ3v) is 4.51. The molecule has 4 nitrogen and oxygen atoms in total. The summed E-state index contributed by atoms with van der Waals surface area (Å²) in [5, 5.41) is 8.25. The Morgan fingerprint density at radius 2 is 1.95 bits per heavy atom. The summed E-state index contributed by atoms with van der Waals surface area (Å²) in [6.07, 6.45) is 7.05. The predicted octanol–water partition coefficient (Wildman–Crippen LogP) is 3.62. The minimum Gasteiger partial charge on any atom is -0.424 e. The fourth-order valence-corrected chi connectivity index (χ4v) is 3.24. The second-order valence-corrected chi connectivity index (χ2v) is 6.09. The maximum absolute atomic E-state index is 5.68. The van der Waals surface area contributed by atoms with Crippen molar-refractivity contribution in [2.45, 2.75) is 58.0 Å². The molecule has 0 radical (unpaired) electrons.